The zero-order valence-corrected chi connectivity index (χ0v) is 20.4. The molecule has 3 aromatic heterocycles. The van der Waals surface area contributed by atoms with Crippen molar-refractivity contribution in [3.8, 4) is 28.6 Å². The predicted molar refractivity (Wildman–Crippen MR) is 133 cm³/mol. The monoisotopic (exact) mass is 566 g/mol. The van der Waals surface area contributed by atoms with Crippen LogP contribution in [-0.2, 0) is 6.18 Å². The number of aromatic nitrogens is 6. The van der Waals surface area contributed by atoms with Gasteiger partial charge in [0.25, 0.3) is 11.8 Å². The molecule has 2 amide bonds. The third-order valence-corrected chi connectivity index (χ3v) is 5.62. The molecule has 0 atom stereocenters. The SMILES string of the molecule is NC(=O)c1ccnc(-c2cc(NC(=O)c3cc(-c4ncccn4)c(C(F)(F)F)cc3F)n(-c3ccc(F)cc3)n2)n1. The number of nitrogens with two attached hydrogens (primary N) is 1. The van der Waals surface area contributed by atoms with Crippen LogP contribution in [0.15, 0.2) is 73.2 Å². The van der Waals surface area contributed by atoms with Gasteiger partial charge in [-0.05, 0) is 48.5 Å². The van der Waals surface area contributed by atoms with Crippen LogP contribution in [0.3, 0.4) is 0 Å². The van der Waals surface area contributed by atoms with Crippen LogP contribution in [0.5, 0.6) is 0 Å². The number of primary amides is 1. The average molecular weight is 566 g/mol. The molecule has 206 valence electrons. The number of halogens is 5. The maximum atomic E-state index is 15.0. The van der Waals surface area contributed by atoms with E-state index in [0.717, 1.165) is 16.8 Å². The predicted octanol–water partition coefficient (Wildman–Crippen LogP) is 4.43. The zero-order chi connectivity index (χ0) is 29.3. The Balaban J connectivity index is 1.59. The van der Waals surface area contributed by atoms with E-state index in [1.54, 1.807) is 0 Å². The van der Waals surface area contributed by atoms with Crippen LogP contribution in [0.25, 0.3) is 28.6 Å². The standard InChI is InChI=1S/C26H15F5N8O2/c27-13-2-4-14(5-3-13)39-21(12-20(38-39)24-35-9-6-19(36-24)22(32)40)37-25(41)16-10-15(23-33-7-1-8-34-23)17(11-18(16)28)26(29,30)31/h1-12H,(H2,32,40)(H,37,41). The molecule has 2 aromatic carbocycles. The van der Waals surface area contributed by atoms with Gasteiger partial charge in [-0.25, -0.2) is 33.4 Å². The van der Waals surface area contributed by atoms with Crippen molar-refractivity contribution in [2.24, 2.45) is 5.73 Å². The Hall–Kier alpha value is -5.60. The molecule has 0 saturated carbocycles. The summed E-state index contributed by atoms with van der Waals surface area (Å²) in [6.45, 7) is 0. The number of nitrogens with one attached hydrogen (secondary N) is 1. The molecule has 0 fully saturated rings. The lowest BCUT2D eigenvalue weighted by molar-refractivity contribution is -0.137. The maximum Gasteiger partial charge on any atom is 0.417 e. The van der Waals surface area contributed by atoms with E-state index in [1.165, 1.54) is 48.9 Å². The fourth-order valence-electron chi connectivity index (χ4n) is 3.77. The van der Waals surface area contributed by atoms with Crippen molar-refractivity contribution in [3.63, 3.8) is 0 Å². The number of nitrogens with zero attached hydrogens (tertiary/aromatic N) is 6. The lowest BCUT2D eigenvalue weighted by Gasteiger charge is -2.15. The van der Waals surface area contributed by atoms with Gasteiger partial charge in [-0.15, -0.1) is 0 Å². The average Bonchev–Trinajstić information content (AvgIpc) is 3.37. The first-order valence-corrected chi connectivity index (χ1v) is 11.5. The molecule has 15 heteroatoms. The molecule has 5 rings (SSSR count). The van der Waals surface area contributed by atoms with Crippen molar-refractivity contribution < 1.29 is 31.5 Å². The molecule has 0 aliphatic carbocycles. The number of hydrogen-bond acceptors (Lipinski definition) is 7. The third kappa shape index (κ3) is 5.59. The van der Waals surface area contributed by atoms with E-state index in [-0.39, 0.29) is 40.6 Å². The zero-order valence-electron chi connectivity index (χ0n) is 20.4. The minimum atomic E-state index is -4.97. The molecule has 0 saturated heterocycles. The van der Waals surface area contributed by atoms with Gasteiger partial charge < -0.3 is 11.1 Å². The van der Waals surface area contributed by atoms with Gasteiger partial charge in [0, 0.05) is 30.2 Å². The first-order chi connectivity index (χ1) is 19.5. The van der Waals surface area contributed by atoms with E-state index in [0.29, 0.717) is 6.07 Å². The van der Waals surface area contributed by atoms with Crippen molar-refractivity contribution in [2.45, 2.75) is 6.18 Å². The summed E-state index contributed by atoms with van der Waals surface area (Å²) >= 11 is 0. The third-order valence-electron chi connectivity index (χ3n) is 5.62. The Morgan fingerprint density at radius 3 is 2.22 bits per heavy atom. The molecular formula is C26H15F5N8O2. The molecule has 10 nitrogen and oxygen atoms in total. The van der Waals surface area contributed by atoms with Gasteiger partial charge in [-0.1, -0.05) is 0 Å². The van der Waals surface area contributed by atoms with Gasteiger partial charge in [0.1, 0.15) is 28.8 Å². The van der Waals surface area contributed by atoms with Crippen LogP contribution >= 0.6 is 0 Å². The van der Waals surface area contributed by atoms with Crippen LogP contribution in [-0.4, -0.2) is 41.5 Å². The van der Waals surface area contributed by atoms with E-state index in [2.05, 4.69) is 30.4 Å². The number of hydrogen-bond donors (Lipinski definition) is 2. The lowest BCUT2D eigenvalue weighted by Crippen LogP contribution is -2.18. The quantitative estimate of drug-likeness (QED) is 0.290. The van der Waals surface area contributed by atoms with E-state index >= 15 is 0 Å². The summed E-state index contributed by atoms with van der Waals surface area (Å²) < 4.78 is 70.8. The first-order valence-electron chi connectivity index (χ1n) is 11.5. The number of benzene rings is 2. The summed E-state index contributed by atoms with van der Waals surface area (Å²) in [5, 5.41) is 6.71. The van der Waals surface area contributed by atoms with Crippen LogP contribution in [0.2, 0.25) is 0 Å². The molecule has 0 radical (unpaired) electrons. The van der Waals surface area contributed by atoms with Crippen molar-refractivity contribution in [2.75, 3.05) is 5.32 Å². The summed E-state index contributed by atoms with van der Waals surface area (Å²) in [4.78, 5) is 40.4. The molecule has 0 spiro atoms. The van der Waals surface area contributed by atoms with Gasteiger partial charge in [0.15, 0.2) is 11.6 Å². The minimum absolute atomic E-state index is 0.0268. The largest absolute Gasteiger partial charge is 0.417 e. The second-order valence-corrected chi connectivity index (χ2v) is 8.33. The van der Waals surface area contributed by atoms with Gasteiger partial charge in [0.05, 0.1) is 16.8 Å². The highest BCUT2D eigenvalue weighted by molar-refractivity contribution is 6.05. The number of rotatable bonds is 6. The Morgan fingerprint density at radius 1 is 0.878 bits per heavy atom. The molecular weight excluding hydrogens is 551 g/mol. The molecule has 0 aliphatic rings. The van der Waals surface area contributed by atoms with E-state index in [9.17, 15) is 31.5 Å². The minimum Gasteiger partial charge on any atom is -0.364 e. The smallest absolute Gasteiger partial charge is 0.364 e. The first kappa shape index (κ1) is 27.0. The summed E-state index contributed by atoms with van der Waals surface area (Å²) in [5.74, 6) is -4.56. The molecule has 3 N–H and O–H groups in total. The Bertz CT molecular complexity index is 1770. The molecule has 3 heterocycles. The Kier molecular flexibility index (Phi) is 6.92. The highest BCUT2D eigenvalue weighted by Crippen LogP contribution is 2.37. The summed E-state index contributed by atoms with van der Waals surface area (Å²) in [6.07, 6.45) is -1.32. The van der Waals surface area contributed by atoms with Gasteiger partial charge in [-0.2, -0.15) is 18.3 Å². The number of alkyl halides is 3. The fourth-order valence-corrected chi connectivity index (χ4v) is 3.77. The van der Waals surface area contributed by atoms with Crippen LogP contribution < -0.4 is 11.1 Å². The fraction of sp³-hybridized carbons (Fsp3) is 0.0385. The van der Waals surface area contributed by atoms with Crippen molar-refractivity contribution >= 4 is 17.6 Å². The summed E-state index contributed by atoms with van der Waals surface area (Å²) in [7, 11) is 0. The van der Waals surface area contributed by atoms with Gasteiger partial charge in [-0.3, -0.25) is 9.59 Å². The van der Waals surface area contributed by atoms with Crippen LogP contribution in [0, 0.1) is 11.6 Å². The van der Waals surface area contributed by atoms with Gasteiger partial charge in [0.2, 0.25) is 0 Å². The highest BCUT2D eigenvalue weighted by atomic mass is 19.4. The van der Waals surface area contributed by atoms with E-state index in [4.69, 9.17) is 5.73 Å². The molecule has 41 heavy (non-hydrogen) atoms. The van der Waals surface area contributed by atoms with Crippen molar-refractivity contribution in [1.82, 2.24) is 29.7 Å². The second-order valence-electron chi connectivity index (χ2n) is 8.33. The molecule has 5 aromatic rings. The van der Waals surface area contributed by atoms with Crippen LogP contribution in [0.4, 0.5) is 27.8 Å². The maximum absolute atomic E-state index is 15.0. The number of anilines is 1. The number of carbonyl (C=O) groups excluding carboxylic acids is 2. The van der Waals surface area contributed by atoms with Crippen molar-refractivity contribution in [3.05, 3.63) is 102 Å². The van der Waals surface area contributed by atoms with Gasteiger partial charge >= 0.3 is 6.18 Å². The normalized spacial score (nSPS) is 11.3. The Morgan fingerprint density at radius 2 is 1.56 bits per heavy atom. The van der Waals surface area contributed by atoms with E-state index < -0.39 is 46.3 Å². The summed E-state index contributed by atoms with van der Waals surface area (Å²) in [5.41, 5.74) is 2.68. The Labute approximate surface area is 226 Å². The van der Waals surface area contributed by atoms with E-state index in [1.807, 2.05) is 0 Å². The lowest BCUT2D eigenvalue weighted by atomic mass is 10.0. The molecule has 0 bridgehead atoms. The second kappa shape index (κ2) is 10.5. The topological polar surface area (TPSA) is 142 Å². The summed E-state index contributed by atoms with van der Waals surface area (Å²) in [6, 6.07) is 9.69. The van der Waals surface area contributed by atoms with Crippen LogP contribution in [0.1, 0.15) is 26.4 Å². The molecule has 0 aliphatic heterocycles. The highest BCUT2D eigenvalue weighted by Gasteiger charge is 2.36. The number of carbonyl (C=O) groups is 2. The van der Waals surface area contributed by atoms with Crippen molar-refractivity contribution in [1.29, 1.82) is 0 Å². The molecule has 0 unspecified atom stereocenters. The number of amides is 2.